The van der Waals surface area contributed by atoms with Crippen LogP contribution in [-0.2, 0) is 11.3 Å². The Kier molecular flexibility index (Phi) is 4.45. The van der Waals surface area contributed by atoms with E-state index in [2.05, 4.69) is 0 Å². The largest absolute Gasteiger partial charge is 0.507 e. The molecule has 5 nitrogen and oxygen atoms in total. The molecule has 0 saturated heterocycles. The number of hydrogen-bond acceptors (Lipinski definition) is 5. The molecule has 0 bridgehead atoms. The van der Waals surface area contributed by atoms with E-state index >= 15 is 0 Å². The van der Waals surface area contributed by atoms with Crippen molar-refractivity contribution in [1.29, 1.82) is 0 Å². The summed E-state index contributed by atoms with van der Waals surface area (Å²) in [6.07, 6.45) is -0.319. The normalized spacial score (nSPS) is 13.0. The third-order valence-electron chi connectivity index (χ3n) is 4.60. The number of phenolic OH excluding ortho intramolecular Hbond substituents is 3. The summed E-state index contributed by atoms with van der Waals surface area (Å²) in [4.78, 5) is 0. The lowest BCUT2D eigenvalue weighted by Crippen LogP contribution is -2.10. The highest BCUT2D eigenvalue weighted by Gasteiger charge is 2.26. The molecule has 0 aliphatic rings. The molecule has 5 heteroatoms. The third kappa shape index (κ3) is 2.65. The number of benzene rings is 3. The summed E-state index contributed by atoms with van der Waals surface area (Å²) in [6, 6.07) is 8.15. The van der Waals surface area contributed by atoms with E-state index in [1.807, 2.05) is 13.8 Å². The molecule has 1 atom stereocenters. The Morgan fingerprint density at radius 1 is 0.960 bits per heavy atom. The first-order valence-electron chi connectivity index (χ1n) is 8.16. The molecule has 3 rings (SSSR count). The molecule has 25 heavy (non-hydrogen) atoms. The van der Waals surface area contributed by atoms with E-state index in [9.17, 15) is 20.4 Å². The summed E-state index contributed by atoms with van der Waals surface area (Å²) in [5.41, 5.74) is 1.30. The first-order chi connectivity index (χ1) is 11.9. The molecular formula is C20H22O5. The Hall–Kier alpha value is -2.50. The summed E-state index contributed by atoms with van der Waals surface area (Å²) >= 11 is 0. The van der Waals surface area contributed by atoms with E-state index in [0.717, 1.165) is 5.56 Å². The van der Waals surface area contributed by atoms with Crippen LogP contribution >= 0.6 is 0 Å². The average molecular weight is 342 g/mol. The number of aliphatic hydroxyl groups is 1. The van der Waals surface area contributed by atoms with Crippen LogP contribution in [0.2, 0.25) is 0 Å². The summed E-state index contributed by atoms with van der Waals surface area (Å²) in [7, 11) is 1.60. The van der Waals surface area contributed by atoms with Gasteiger partial charge in [0.25, 0.3) is 0 Å². The van der Waals surface area contributed by atoms with Gasteiger partial charge in [0.05, 0.1) is 23.5 Å². The molecule has 0 radical (unpaired) electrons. The maximum Gasteiger partial charge on any atom is 0.138 e. The number of aromatic hydroxyl groups is 3. The SMILES string of the molecule is COC(c1c2cccc(O)c2c(O)c2c(O)cc(CO)cc12)C(C)C. The average Bonchev–Trinajstić information content (AvgIpc) is 2.57. The van der Waals surface area contributed by atoms with E-state index in [4.69, 9.17) is 4.74 Å². The van der Waals surface area contributed by atoms with Gasteiger partial charge in [-0.2, -0.15) is 0 Å². The molecule has 0 spiro atoms. The lowest BCUT2D eigenvalue weighted by molar-refractivity contribution is 0.0669. The van der Waals surface area contributed by atoms with Crippen LogP contribution in [0.25, 0.3) is 21.5 Å². The fraction of sp³-hybridized carbons (Fsp3) is 0.300. The van der Waals surface area contributed by atoms with Gasteiger partial charge in [0.15, 0.2) is 0 Å². The minimum atomic E-state index is -0.319. The van der Waals surface area contributed by atoms with Crippen LogP contribution in [0.5, 0.6) is 17.2 Å². The molecule has 0 saturated carbocycles. The Morgan fingerprint density at radius 2 is 1.64 bits per heavy atom. The highest BCUT2D eigenvalue weighted by atomic mass is 16.5. The maximum atomic E-state index is 10.7. The zero-order valence-corrected chi connectivity index (χ0v) is 14.4. The molecule has 0 aliphatic heterocycles. The van der Waals surface area contributed by atoms with Crippen LogP contribution in [-0.4, -0.2) is 27.5 Å². The second kappa shape index (κ2) is 6.43. The first kappa shape index (κ1) is 17.3. The van der Waals surface area contributed by atoms with Crippen molar-refractivity contribution in [1.82, 2.24) is 0 Å². The van der Waals surface area contributed by atoms with Crippen molar-refractivity contribution < 1.29 is 25.2 Å². The number of rotatable bonds is 4. The Morgan fingerprint density at radius 3 is 2.24 bits per heavy atom. The fourth-order valence-corrected chi connectivity index (χ4v) is 3.55. The van der Waals surface area contributed by atoms with Crippen LogP contribution in [0.15, 0.2) is 30.3 Å². The van der Waals surface area contributed by atoms with Crippen LogP contribution in [0, 0.1) is 5.92 Å². The van der Waals surface area contributed by atoms with Gasteiger partial charge in [-0.3, -0.25) is 0 Å². The Labute approximate surface area is 145 Å². The van der Waals surface area contributed by atoms with Gasteiger partial charge in [0.1, 0.15) is 17.2 Å². The maximum absolute atomic E-state index is 10.7. The van der Waals surface area contributed by atoms with Gasteiger partial charge in [-0.05, 0) is 46.0 Å². The molecule has 3 aromatic carbocycles. The van der Waals surface area contributed by atoms with Crippen LogP contribution in [0.1, 0.15) is 31.1 Å². The first-order valence-corrected chi connectivity index (χ1v) is 8.16. The summed E-state index contributed by atoms with van der Waals surface area (Å²) in [6.45, 7) is 3.79. The van der Waals surface area contributed by atoms with Gasteiger partial charge in [0.2, 0.25) is 0 Å². The van der Waals surface area contributed by atoms with E-state index in [1.165, 1.54) is 12.1 Å². The van der Waals surface area contributed by atoms with Gasteiger partial charge in [0, 0.05) is 7.11 Å². The second-order valence-corrected chi connectivity index (χ2v) is 6.56. The third-order valence-corrected chi connectivity index (χ3v) is 4.60. The summed E-state index contributed by atoms with van der Waals surface area (Å²) in [5, 5.41) is 42.7. The number of ether oxygens (including phenoxy) is 1. The number of phenols is 3. The predicted molar refractivity (Wildman–Crippen MR) is 97.0 cm³/mol. The summed E-state index contributed by atoms with van der Waals surface area (Å²) in [5.74, 6) is -0.290. The monoisotopic (exact) mass is 342 g/mol. The predicted octanol–water partition coefficient (Wildman–Crippen LogP) is 3.95. The molecule has 0 amide bonds. The lowest BCUT2D eigenvalue weighted by Gasteiger charge is -2.25. The standard InChI is InChI=1S/C20H22O5/c1-10(2)20(25-3)16-12-5-4-6-14(22)17(12)19(24)18-13(16)7-11(9-21)8-15(18)23/h4-8,10,20-24H,9H2,1-3H3. The number of aliphatic hydroxyl groups excluding tert-OH is 1. The quantitative estimate of drug-likeness (QED) is 0.539. The molecule has 1 unspecified atom stereocenters. The lowest BCUT2D eigenvalue weighted by atomic mass is 9.87. The second-order valence-electron chi connectivity index (χ2n) is 6.56. The topological polar surface area (TPSA) is 90.2 Å². The molecular weight excluding hydrogens is 320 g/mol. The molecule has 0 fully saturated rings. The van der Waals surface area contributed by atoms with E-state index in [0.29, 0.717) is 16.3 Å². The molecule has 132 valence electrons. The Balaban J connectivity index is 2.61. The van der Waals surface area contributed by atoms with Gasteiger partial charge in [-0.1, -0.05) is 26.0 Å². The Bertz CT molecular complexity index is 946. The molecule has 4 N–H and O–H groups in total. The minimum Gasteiger partial charge on any atom is -0.507 e. The smallest absolute Gasteiger partial charge is 0.138 e. The molecule has 0 aromatic heterocycles. The van der Waals surface area contributed by atoms with Crippen LogP contribution in [0.3, 0.4) is 0 Å². The number of hydrogen-bond donors (Lipinski definition) is 4. The van der Waals surface area contributed by atoms with Crippen LogP contribution < -0.4 is 0 Å². The van der Waals surface area contributed by atoms with Crippen molar-refractivity contribution in [3.8, 4) is 17.2 Å². The fourth-order valence-electron chi connectivity index (χ4n) is 3.55. The molecule has 0 aliphatic carbocycles. The van der Waals surface area contributed by atoms with Gasteiger partial charge in [-0.15, -0.1) is 0 Å². The van der Waals surface area contributed by atoms with E-state index < -0.39 is 0 Å². The minimum absolute atomic E-state index is 0.0672. The van der Waals surface area contributed by atoms with Crippen molar-refractivity contribution in [3.63, 3.8) is 0 Å². The van der Waals surface area contributed by atoms with Crippen molar-refractivity contribution in [2.24, 2.45) is 5.92 Å². The number of methoxy groups -OCH3 is 1. The van der Waals surface area contributed by atoms with Crippen LogP contribution in [0.4, 0.5) is 0 Å². The zero-order chi connectivity index (χ0) is 18.3. The summed E-state index contributed by atoms with van der Waals surface area (Å²) < 4.78 is 5.70. The van der Waals surface area contributed by atoms with Gasteiger partial charge >= 0.3 is 0 Å². The highest BCUT2D eigenvalue weighted by Crippen LogP contribution is 2.48. The van der Waals surface area contributed by atoms with Crippen molar-refractivity contribution >= 4 is 21.5 Å². The van der Waals surface area contributed by atoms with Crippen molar-refractivity contribution in [3.05, 3.63) is 41.5 Å². The van der Waals surface area contributed by atoms with E-state index in [1.54, 1.807) is 25.3 Å². The molecule has 0 heterocycles. The van der Waals surface area contributed by atoms with Gasteiger partial charge < -0.3 is 25.2 Å². The zero-order valence-electron chi connectivity index (χ0n) is 14.4. The van der Waals surface area contributed by atoms with Gasteiger partial charge in [-0.25, -0.2) is 0 Å². The molecule has 3 aromatic rings. The highest BCUT2D eigenvalue weighted by molar-refractivity contribution is 6.12. The number of fused-ring (bicyclic) bond motifs is 2. The van der Waals surface area contributed by atoms with Crippen molar-refractivity contribution in [2.45, 2.75) is 26.6 Å². The van der Waals surface area contributed by atoms with E-state index in [-0.39, 0.29) is 46.6 Å². The van der Waals surface area contributed by atoms with Crippen molar-refractivity contribution in [2.75, 3.05) is 7.11 Å².